The summed E-state index contributed by atoms with van der Waals surface area (Å²) in [5.41, 5.74) is -0.710. The number of methoxy groups -OCH3 is 1. The maximum Gasteiger partial charge on any atom is 0.343 e. The van der Waals surface area contributed by atoms with Crippen LogP contribution in [0.15, 0.2) is 16.7 Å². The molecule has 2 heterocycles. The highest BCUT2D eigenvalue weighted by molar-refractivity contribution is 5.90. The molecule has 30 heavy (non-hydrogen) atoms. The lowest BCUT2D eigenvalue weighted by atomic mass is 9.92. The fraction of sp³-hybridized carbons (Fsp3) is 0.571. The molecule has 1 aromatic heterocycles. The standard InChI is InChI=1S/C21H27F2N3O4/c1-13(2)19-24-21(30-25-19)26-8-6-14(7-9-26)5-4-10-29-15-11-16(22)18(17(23)12-15)20(27)28-3/h11-14H,4-10H2,1-3H3. The molecule has 164 valence electrons. The van der Waals surface area contributed by atoms with E-state index in [4.69, 9.17) is 9.26 Å². The fourth-order valence-corrected chi connectivity index (χ4v) is 3.49. The van der Waals surface area contributed by atoms with Crippen molar-refractivity contribution in [2.75, 3.05) is 31.7 Å². The smallest absolute Gasteiger partial charge is 0.343 e. The van der Waals surface area contributed by atoms with Gasteiger partial charge in [-0.2, -0.15) is 4.98 Å². The van der Waals surface area contributed by atoms with Gasteiger partial charge in [0.2, 0.25) is 0 Å². The summed E-state index contributed by atoms with van der Waals surface area (Å²) < 4.78 is 43.0. The number of anilines is 1. The van der Waals surface area contributed by atoms with Crippen molar-refractivity contribution in [3.05, 3.63) is 35.2 Å². The van der Waals surface area contributed by atoms with Crippen LogP contribution < -0.4 is 9.64 Å². The van der Waals surface area contributed by atoms with Crippen molar-refractivity contribution in [3.8, 4) is 5.75 Å². The Bertz CT molecular complexity index is 841. The first-order valence-corrected chi connectivity index (χ1v) is 10.2. The number of halogens is 2. The van der Waals surface area contributed by atoms with Gasteiger partial charge >= 0.3 is 12.0 Å². The second-order valence-corrected chi connectivity index (χ2v) is 7.76. The van der Waals surface area contributed by atoms with Crippen molar-refractivity contribution in [2.45, 2.75) is 45.4 Å². The van der Waals surface area contributed by atoms with Crippen LogP contribution in [0.25, 0.3) is 0 Å². The SMILES string of the molecule is COC(=O)c1c(F)cc(OCCCC2CCN(c3nc(C(C)C)no3)CC2)cc1F. The Kier molecular flexibility index (Phi) is 7.23. The van der Waals surface area contributed by atoms with E-state index in [1.165, 1.54) is 0 Å². The minimum Gasteiger partial charge on any atom is -0.493 e. The fourth-order valence-electron chi connectivity index (χ4n) is 3.49. The Morgan fingerprint density at radius 2 is 1.93 bits per heavy atom. The van der Waals surface area contributed by atoms with Crippen molar-refractivity contribution in [2.24, 2.45) is 5.92 Å². The van der Waals surface area contributed by atoms with Gasteiger partial charge in [-0.15, -0.1) is 0 Å². The predicted molar refractivity (Wildman–Crippen MR) is 106 cm³/mol. The zero-order valence-electron chi connectivity index (χ0n) is 17.5. The van der Waals surface area contributed by atoms with Crippen molar-refractivity contribution in [3.63, 3.8) is 0 Å². The summed E-state index contributed by atoms with van der Waals surface area (Å²) in [6.45, 7) is 6.11. The van der Waals surface area contributed by atoms with Crippen molar-refractivity contribution < 1.29 is 27.6 Å². The molecule has 1 aliphatic heterocycles. The van der Waals surface area contributed by atoms with E-state index in [1.807, 2.05) is 13.8 Å². The first-order valence-electron chi connectivity index (χ1n) is 10.2. The quantitative estimate of drug-likeness (QED) is 0.462. The van der Waals surface area contributed by atoms with Crippen molar-refractivity contribution in [1.82, 2.24) is 10.1 Å². The summed E-state index contributed by atoms with van der Waals surface area (Å²) in [6.07, 6.45) is 3.75. The van der Waals surface area contributed by atoms with Crippen LogP contribution >= 0.6 is 0 Å². The molecule has 0 aliphatic carbocycles. The molecule has 0 N–H and O–H groups in total. The molecule has 2 aromatic rings. The molecule has 0 amide bonds. The van der Waals surface area contributed by atoms with Crippen LogP contribution in [0.3, 0.4) is 0 Å². The summed E-state index contributed by atoms with van der Waals surface area (Å²) in [6, 6.07) is 2.59. The van der Waals surface area contributed by atoms with Crippen LogP contribution in [0.1, 0.15) is 61.6 Å². The summed E-state index contributed by atoms with van der Waals surface area (Å²) in [5, 5.41) is 4.01. The highest BCUT2D eigenvalue weighted by Crippen LogP contribution is 2.27. The Balaban J connectivity index is 1.41. The maximum atomic E-state index is 13.9. The molecule has 7 nitrogen and oxygen atoms in total. The van der Waals surface area contributed by atoms with Crippen LogP contribution in [-0.2, 0) is 4.74 Å². The summed E-state index contributed by atoms with van der Waals surface area (Å²) >= 11 is 0. The van der Waals surface area contributed by atoms with Crippen molar-refractivity contribution in [1.29, 1.82) is 0 Å². The van der Waals surface area contributed by atoms with Gasteiger partial charge in [-0.1, -0.05) is 19.0 Å². The number of hydrogen-bond acceptors (Lipinski definition) is 7. The lowest BCUT2D eigenvalue weighted by Gasteiger charge is -2.30. The van der Waals surface area contributed by atoms with E-state index in [-0.39, 0.29) is 11.7 Å². The molecule has 1 fully saturated rings. The van der Waals surface area contributed by atoms with E-state index in [0.717, 1.165) is 63.8 Å². The molecule has 3 rings (SSSR count). The Labute approximate surface area is 174 Å². The van der Waals surface area contributed by atoms with Crippen LogP contribution in [0, 0.1) is 17.6 Å². The number of piperidine rings is 1. The number of esters is 1. The molecule has 0 radical (unpaired) electrons. The molecule has 0 bridgehead atoms. The van der Waals surface area contributed by atoms with E-state index >= 15 is 0 Å². The summed E-state index contributed by atoms with van der Waals surface area (Å²) in [5.74, 6) is -1.48. The highest BCUT2D eigenvalue weighted by Gasteiger charge is 2.24. The molecule has 0 saturated carbocycles. The molecule has 1 saturated heterocycles. The lowest BCUT2D eigenvalue weighted by molar-refractivity contribution is 0.0589. The summed E-state index contributed by atoms with van der Waals surface area (Å²) in [7, 11) is 1.07. The Morgan fingerprint density at radius 3 is 2.50 bits per heavy atom. The molecule has 0 spiro atoms. The monoisotopic (exact) mass is 423 g/mol. The number of carbonyl (C=O) groups is 1. The zero-order valence-corrected chi connectivity index (χ0v) is 17.5. The second kappa shape index (κ2) is 9.86. The number of aromatic nitrogens is 2. The third-order valence-corrected chi connectivity index (χ3v) is 5.26. The van der Waals surface area contributed by atoms with Gasteiger partial charge in [0.1, 0.15) is 22.9 Å². The van der Waals surface area contributed by atoms with Crippen molar-refractivity contribution >= 4 is 12.0 Å². The average Bonchev–Trinajstić information content (AvgIpc) is 3.21. The molecule has 1 aromatic carbocycles. The molecule has 0 unspecified atom stereocenters. The zero-order chi connectivity index (χ0) is 21.7. The summed E-state index contributed by atoms with van der Waals surface area (Å²) in [4.78, 5) is 17.9. The van der Waals surface area contributed by atoms with Gasteiger partial charge < -0.3 is 18.9 Å². The molecule has 0 atom stereocenters. The number of nitrogens with zero attached hydrogens (tertiary/aromatic N) is 3. The van der Waals surface area contributed by atoms with Crippen LogP contribution in [0.5, 0.6) is 5.75 Å². The number of rotatable bonds is 8. The molecule has 1 aliphatic rings. The normalized spacial score (nSPS) is 14.9. The largest absolute Gasteiger partial charge is 0.493 e. The van der Waals surface area contributed by atoms with Gasteiger partial charge in [0.25, 0.3) is 0 Å². The maximum absolute atomic E-state index is 13.9. The van der Waals surface area contributed by atoms with E-state index in [0.29, 0.717) is 18.5 Å². The molecule has 9 heteroatoms. The first kappa shape index (κ1) is 22.0. The topological polar surface area (TPSA) is 77.7 Å². The number of carbonyl (C=O) groups excluding carboxylic acids is 1. The van der Waals surface area contributed by atoms with E-state index < -0.39 is 23.2 Å². The highest BCUT2D eigenvalue weighted by atomic mass is 19.1. The van der Waals surface area contributed by atoms with E-state index in [1.54, 1.807) is 0 Å². The molecular formula is C21H27F2N3O4. The third-order valence-electron chi connectivity index (χ3n) is 5.26. The van der Waals surface area contributed by atoms with E-state index in [9.17, 15) is 13.6 Å². The van der Waals surface area contributed by atoms with Crippen LogP contribution in [-0.4, -0.2) is 42.9 Å². The van der Waals surface area contributed by atoms with Crippen LogP contribution in [0.2, 0.25) is 0 Å². The lowest BCUT2D eigenvalue weighted by Crippen LogP contribution is -2.34. The minimum atomic E-state index is -1.05. The first-order chi connectivity index (χ1) is 14.4. The molecular weight excluding hydrogens is 396 g/mol. The van der Waals surface area contributed by atoms with Gasteiger partial charge in [-0.3, -0.25) is 0 Å². The van der Waals surface area contributed by atoms with E-state index in [2.05, 4.69) is 19.8 Å². The van der Waals surface area contributed by atoms with Gasteiger partial charge in [0.05, 0.1) is 13.7 Å². The Morgan fingerprint density at radius 1 is 1.27 bits per heavy atom. The van der Waals surface area contributed by atoms with Gasteiger partial charge in [-0.25, -0.2) is 13.6 Å². The Hall–Kier alpha value is -2.71. The van der Waals surface area contributed by atoms with Gasteiger partial charge in [-0.05, 0) is 31.6 Å². The number of ether oxygens (including phenoxy) is 2. The average molecular weight is 423 g/mol. The number of benzene rings is 1. The van der Waals surface area contributed by atoms with Gasteiger partial charge in [0.15, 0.2) is 5.82 Å². The number of hydrogen-bond donors (Lipinski definition) is 0. The van der Waals surface area contributed by atoms with Crippen LogP contribution in [0.4, 0.5) is 14.8 Å². The predicted octanol–water partition coefficient (Wildman–Crippen LogP) is 4.33. The second-order valence-electron chi connectivity index (χ2n) is 7.76. The third kappa shape index (κ3) is 5.25. The van der Waals surface area contributed by atoms with Gasteiger partial charge in [0, 0.05) is 31.1 Å². The minimum absolute atomic E-state index is 0.0600.